The molecule has 0 spiro atoms. The van der Waals surface area contributed by atoms with Crippen molar-refractivity contribution < 1.29 is 24.5 Å². The predicted molar refractivity (Wildman–Crippen MR) is 356 cm³/mol. The number of amides is 1. The van der Waals surface area contributed by atoms with Crippen LogP contribution in [0.5, 0.6) is 0 Å². The number of esters is 1. The van der Waals surface area contributed by atoms with Crippen molar-refractivity contribution in [3.63, 3.8) is 0 Å². The number of aliphatic hydroxyl groups is 2. The van der Waals surface area contributed by atoms with Crippen LogP contribution in [0.1, 0.15) is 418 Å². The van der Waals surface area contributed by atoms with Gasteiger partial charge in [-0.05, 0) is 57.8 Å². The normalized spacial score (nSPS) is 12.6. The van der Waals surface area contributed by atoms with E-state index < -0.39 is 12.1 Å². The van der Waals surface area contributed by atoms with E-state index in [0.29, 0.717) is 19.4 Å². The minimum Gasteiger partial charge on any atom is -0.466 e. The summed E-state index contributed by atoms with van der Waals surface area (Å²) in [5.41, 5.74) is 0. The molecule has 0 saturated carbocycles. The van der Waals surface area contributed by atoms with Gasteiger partial charge < -0.3 is 20.3 Å². The molecule has 0 aromatic heterocycles. The van der Waals surface area contributed by atoms with Gasteiger partial charge in [-0.25, -0.2) is 0 Å². The van der Waals surface area contributed by atoms with Gasteiger partial charge >= 0.3 is 5.97 Å². The van der Waals surface area contributed by atoms with Crippen molar-refractivity contribution in [2.45, 2.75) is 431 Å². The third-order valence-electron chi connectivity index (χ3n) is 17.5. The first kappa shape index (κ1) is 79.3. The molecule has 2 atom stereocenters. The van der Waals surface area contributed by atoms with Gasteiger partial charge in [0.05, 0.1) is 25.4 Å². The fourth-order valence-corrected chi connectivity index (χ4v) is 11.8. The quantitative estimate of drug-likeness (QED) is 0.0320. The number of aliphatic hydroxyl groups excluding tert-OH is 2. The SMILES string of the molecule is CCCCCCCC/C=C\CCCCCCCC(=O)OCCCCCCCCCCCCCCCCCCCCCCCCCCCC(=O)NC(CO)C(O)/C=C/CCCCCCCCCCCCCCCCCCCCCCCC. The fraction of sp³-hybridized carbons (Fsp3) is 0.920. The Kier molecular flexibility index (Phi) is 69.4. The van der Waals surface area contributed by atoms with Gasteiger partial charge in [-0.15, -0.1) is 0 Å². The highest BCUT2D eigenvalue weighted by Crippen LogP contribution is 2.19. The fourth-order valence-electron chi connectivity index (χ4n) is 11.8. The van der Waals surface area contributed by atoms with Gasteiger partial charge in [0.2, 0.25) is 5.91 Å². The molecular weight excluding hydrogens is 995 g/mol. The van der Waals surface area contributed by atoms with Crippen LogP contribution in [-0.2, 0) is 14.3 Å². The Bertz CT molecular complexity index is 1270. The highest BCUT2D eigenvalue weighted by atomic mass is 16.5. The molecule has 0 bridgehead atoms. The maximum atomic E-state index is 12.5. The zero-order valence-electron chi connectivity index (χ0n) is 55.0. The zero-order valence-corrected chi connectivity index (χ0v) is 55.0. The summed E-state index contributed by atoms with van der Waals surface area (Å²) in [4.78, 5) is 24.6. The molecular formula is C75H145NO5. The molecule has 0 heterocycles. The second kappa shape index (κ2) is 70.8. The molecule has 0 aliphatic heterocycles. The largest absolute Gasteiger partial charge is 0.466 e. The highest BCUT2D eigenvalue weighted by Gasteiger charge is 2.18. The molecule has 0 aromatic rings. The van der Waals surface area contributed by atoms with Crippen LogP contribution in [0.4, 0.5) is 0 Å². The van der Waals surface area contributed by atoms with E-state index >= 15 is 0 Å². The van der Waals surface area contributed by atoms with Crippen molar-refractivity contribution in [2.75, 3.05) is 13.2 Å². The molecule has 0 radical (unpaired) electrons. The van der Waals surface area contributed by atoms with Crippen LogP contribution in [-0.4, -0.2) is 47.4 Å². The van der Waals surface area contributed by atoms with E-state index in [1.165, 1.54) is 347 Å². The minimum atomic E-state index is -0.845. The van der Waals surface area contributed by atoms with E-state index in [9.17, 15) is 19.8 Å². The summed E-state index contributed by atoms with van der Waals surface area (Å²) in [5.74, 6) is -0.0524. The van der Waals surface area contributed by atoms with Gasteiger partial charge in [0, 0.05) is 12.8 Å². The summed E-state index contributed by atoms with van der Waals surface area (Å²) >= 11 is 0. The number of rotatable bonds is 70. The minimum absolute atomic E-state index is 0.00900. The average molecular weight is 1140 g/mol. The van der Waals surface area contributed by atoms with Crippen molar-refractivity contribution in [3.05, 3.63) is 24.3 Å². The van der Waals surface area contributed by atoms with Crippen LogP contribution in [0.25, 0.3) is 0 Å². The Morgan fingerprint density at radius 2 is 0.580 bits per heavy atom. The Balaban J connectivity index is 3.39. The Morgan fingerprint density at radius 1 is 0.333 bits per heavy atom. The smallest absolute Gasteiger partial charge is 0.305 e. The van der Waals surface area contributed by atoms with Gasteiger partial charge in [0.1, 0.15) is 0 Å². The van der Waals surface area contributed by atoms with E-state index in [1.807, 2.05) is 6.08 Å². The number of carbonyl (C=O) groups excluding carboxylic acids is 2. The number of hydrogen-bond donors (Lipinski definition) is 3. The Morgan fingerprint density at radius 3 is 0.877 bits per heavy atom. The van der Waals surface area contributed by atoms with E-state index in [2.05, 4.69) is 31.3 Å². The number of allylic oxidation sites excluding steroid dienone is 3. The topological polar surface area (TPSA) is 95.9 Å². The van der Waals surface area contributed by atoms with Gasteiger partial charge in [0.15, 0.2) is 0 Å². The molecule has 1 amide bonds. The highest BCUT2D eigenvalue weighted by molar-refractivity contribution is 5.76. The lowest BCUT2D eigenvalue weighted by molar-refractivity contribution is -0.143. The first-order valence-corrected chi connectivity index (χ1v) is 37.1. The maximum absolute atomic E-state index is 12.5. The molecule has 0 aliphatic carbocycles. The van der Waals surface area contributed by atoms with Gasteiger partial charge in [-0.3, -0.25) is 9.59 Å². The number of carbonyl (C=O) groups is 2. The molecule has 6 nitrogen and oxygen atoms in total. The van der Waals surface area contributed by atoms with Crippen molar-refractivity contribution in [1.29, 1.82) is 0 Å². The van der Waals surface area contributed by atoms with Gasteiger partial charge in [-0.1, -0.05) is 372 Å². The van der Waals surface area contributed by atoms with Crippen LogP contribution in [0, 0.1) is 0 Å². The summed E-state index contributed by atoms with van der Waals surface area (Å²) in [6.45, 7) is 4.94. The van der Waals surface area contributed by atoms with E-state index in [4.69, 9.17) is 4.74 Å². The molecule has 0 saturated heterocycles. The summed E-state index contributed by atoms with van der Waals surface area (Å²) < 4.78 is 5.49. The predicted octanol–water partition coefficient (Wildman–Crippen LogP) is 24.1. The van der Waals surface area contributed by atoms with E-state index in [-0.39, 0.29) is 18.5 Å². The molecule has 0 aromatic carbocycles. The van der Waals surface area contributed by atoms with Crippen molar-refractivity contribution >= 4 is 11.9 Å². The summed E-state index contributed by atoms with van der Waals surface area (Å²) in [7, 11) is 0. The van der Waals surface area contributed by atoms with E-state index in [1.54, 1.807) is 6.08 Å². The van der Waals surface area contributed by atoms with Gasteiger partial charge in [-0.2, -0.15) is 0 Å². The van der Waals surface area contributed by atoms with Crippen LogP contribution in [0.2, 0.25) is 0 Å². The molecule has 3 N–H and O–H groups in total. The summed E-state index contributed by atoms with van der Waals surface area (Å²) in [6.07, 6.45) is 89.8. The first-order chi connectivity index (χ1) is 40.0. The monoisotopic (exact) mass is 1140 g/mol. The van der Waals surface area contributed by atoms with Crippen LogP contribution in [0.3, 0.4) is 0 Å². The van der Waals surface area contributed by atoms with Crippen molar-refractivity contribution in [2.24, 2.45) is 0 Å². The van der Waals surface area contributed by atoms with Crippen molar-refractivity contribution in [1.82, 2.24) is 5.32 Å². The molecule has 0 aliphatic rings. The average Bonchev–Trinajstić information content (AvgIpc) is 3.47. The van der Waals surface area contributed by atoms with E-state index in [0.717, 1.165) is 44.9 Å². The first-order valence-electron chi connectivity index (χ1n) is 37.1. The second-order valence-electron chi connectivity index (χ2n) is 25.6. The lowest BCUT2D eigenvalue weighted by Crippen LogP contribution is -2.45. The number of ether oxygens (including phenoxy) is 1. The summed E-state index contributed by atoms with van der Waals surface area (Å²) in [5, 5.41) is 23.3. The molecule has 2 unspecified atom stereocenters. The van der Waals surface area contributed by atoms with Gasteiger partial charge in [0.25, 0.3) is 0 Å². The zero-order chi connectivity index (χ0) is 58.5. The number of nitrogens with one attached hydrogen (secondary N) is 1. The standard InChI is InChI=1S/C75H145NO5/c1-3-5-7-9-11-13-15-17-19-20-21-22-23-27-30-33-36-40-43-47-51-55-59-63-67-73(78)72(71-77)76-74(79)68-64-60-56-52-48-44-41-37-34-31-28-25-24-26-29-32-35-38-42-46-50-54-58-62-66-70-81-75(80)69-65-61-57-53-49-45-39-18-16-14-12-10-8-6-4-2/h18,39,63,67,72-73,77-78H,3-17,19-38,40-62,64-66,68-71H2,1-2H3,(H,76,79)/b39-18-,67-63+. The van der Waals surface area contributed by atoms with Crippen LogP contribution in [0.15, 0.2) is 24.3 Å². The molecule has 81 heavy (non-hydrogen) atoms. The lowest BCUT2D eigenvalue weighted by atomic mass is 10.0. The van der Waals surface area contributed by atoms with Crippen LogP contribution < -0.4 is 5.32 Å². The Labute approximate surface area is 507 Å². The molecule has 480 valence electrons. The maximum Gasteiger partial charge on any atom is 0.305 e. The number of hydrogen-bond acceptors (Lipinski definition) is 5. The van der Waals surface area contributed by atoms with Crippen molar-refractivity contribution in [3.8, 4) is 0 Å². The molecule has 0 rings (SSSR count). The molecule has 6 heteroatoms. The molecule has 0 fully saturated rings. The third-order valence-corrected chi connectivity index (χ3v) is 17.5. The lowest BCUT2D eigenvalue weighted by Gasteiger charge is -2.20. The number of unbranched alkanes of at least 4 members (excludes halogenated alkanes) is 57. The summed E-state index contributed by atoms with van der Waals surface area (Å²) in [6, 6.07) is -0.628. The third kappa shape index (κ3) is 67.3. The second-order valence-corrected chi connectivity index (χ2v) is 25.6. The van der Waals surface area contributed by atoms with Crippen LogP contribution >= 0.6 is 0 Å². The Hall–Kier alpha value is -1.66.